The number of aromatic nitrogens is 8. The molecule has 0 saturated carbocycles. The second-order valence-electron chi connectivity index (χ2n) is 6.74. The number of imidazole rings is 1. The summed E-state index contributed by atoms with van der Waals surface area (Å²) in [6, 6.07) is 6.10. The van der Waals surface area contributed by atoms with Crippen molar-refractivity contribution < 1.29 is 0 Å². The zero-order chi connectivity index (χ0) is 19.4. The van der Waals surface area contributed by atoms with Gasteiger partial charge in [-0.2, -0.15) is 21.5 Å². The summed E-state index contributed by atoms with van der Waals surface area (Å²) in [5, 5.41) is 16.9. The first-order chi connectivity index (χ1) is 14.3. The highest BCUT2D eigenvalue weighted by molar-refractivity contribution is 7.08. The second-order valence-corrected chi connectivity index (χ2v) is 7.52. The quantitative estimate of drug-likeness (QED) is 0.469. The van der Waals surface area contributed by atoms with Crippen molar-refractivity contribution in [3.05, 3.63) is 53.7 Å². The number of nitrogens with one attached hydrogen (secondary N) is 2. The minimum atomic E-state index is 0.668. The van der Waals surface area contributed by atoms with Gasteiger partial charge in [0.1, 0.15) is 5.69 Å². The predicted octanol–water partition coefficient (Wildman–Crippen LogP) is 4.03. The van der Waals surface area contributed by atoms with E-state index in [9.17, 15) is 0 Å². The van der Waals surface area contributed by atoms with Crippen LogP contribution in [0.2, 0.25) is 0 Å². The number of H-pyrrole nitrogens is 2. The van der Waals surface area contributed by atoms with Crippen LogP contribution in [0.5, 0.6) is 0 Å². The molecule has 0 bridgehead atoms. The van der Waals surface area contributed by atoms with Crippen LogP contribution in [0.15, 0.2) is 53.7 Å². The Morgan fingerprint density at radius 1 is 1.10 bits per heavy atom. The summed E-state index contributed by atoms with van der Waals surface area (Å²) < 4.78 is 1.76. The fourth-order valence-electron chi connectivity index (χ4n) is 3.49. The largest absolute Gasteiger partial charge is 0.335 e. The Morgan fingerprint density at radius 2 is 2.07 bits per heavy atom. The van der Waals surface area contributed by atoms with Crippen LogP contribution >= 0.6 is 11.3 Å². The highest BCUT2D eigenvalue weighted by Gasteiger charge is 2.17. The van der Waals surface area contributed by atoms with Crippen molar-refractivity contribution in [2.45, 2.75) is 0 Å². The Bertz CT molecular complexity index is 1470. The Morgan fingerprint density at radius 3 is 2.90 bits per heavy atom. The maximum absolute atomic E-state index is 4.70. The van der Waals surface area contributed by atoms with E-state index in [1.807, 2.05) is 25.4 Å². The van der Waals surface area contributed by atoms with E-state index in [-0.39, 0.29) is 0 Å². The first-order valence-electron chi connectivity index (χ1n) is 8.97. The summed E-state index contributed by atoms with van der Waals surface area (Å²) in [5.74, 6) is 0.671. The average Bonchev–Trinajstić information content (AvgIpc) is 3.51. The molecule has 29 heavy (non-hydrogen) atoms. The molecule has 8 nitrogen and oxygen atoms in total. The van der Waals surface area contributed by atoms with Gasteiger partial charge in [0, 0.05) is 36.0 Å². The molecule has 0 aromatic carbocycles. The molecular weight excluding hydrogens is 384 g/mol. The van der Waals surface area contributed by atoms with Gasteiger partial charge in [0.05, 0.1) is 29.1 Å². The van der Waals surface area contributed by atoms with E-state index >= 15 is 0 Å². The molecule has 0 fully saturated rings. The highest BCUT2D eigenvalue weighted by atomic mass is 32.1. The Hall–Kier alpha value is -3.85. The van der Waals surface area contributed by atoms with Gasteiger partial charge < -0.3 is 4.98 Å². The zero-order valence-electron chi connectivity index (χ0n) is 15.3. The fraction of sp³-hybridized carbons (Fsp3) is 0.0500. The number of nitrogens with zero attached hydrogens (tertiary/aromatic N) is 6. The van der Waals surface area contributed by atoms with E-state index < -0.39 is 0 Å². The van der Waals surface area contributed by atoms with Crippen molar-refractivity contribution in [1.82, 2.24) is 39.9 Å². The molecule has 6 rings (SSSR count). The molecule has 0 amide bonds. The molecule has 9 heteroatoms. The topological polar surface area (TPSA) is 101 Å². The Kier molecular flexibility index (Phi) is 3.38. The summed E-state index contributed by atoms with van der Waals surface area (Å²) in [6.45, 7) is 0. The monoisotopic (exact) mass is 398 g/mol. The maximum Gasteiger partial charge on any atom is 0.178 e. The Balaban J connectivity index is 1.53. The molecule has 2 N–H and O–H groups in total. The second kappa shape index (κ2) is 6.08. The van der Waals surface area contributed by atoms with Gasteiger partial charge in [0.25, 0.3) is 0 Å². The van der Waals surface area contributed by atoms with Crippen molar-refractivity contribution in [3.8, 4) is 33.9 Å². The molecule has 0 spiro atoms. The molecule has 0 unspecified atom stereocenters. The van der Waals surface area contributed by atoms with E-state index in [1.54, 1.807) is 34.6 Å². The molecule has 0 atom stereocenters. The van der Waals surface area contributed by atoms with E-state index in [2.05, 4.69) is 47.1 Å². The molecule has 6 aromatic rings. The van der Waals surface area contributed by atoms with Crippen molar-refractivity contribution in [2.75, 3.05) is 0 Å². The van der Waals surface area contributed by atoms with Gasteiger partial charge in [-0.15, -0.1) is 0 Å². The molecule has 0 radical (unpaired) electrons. The van der Waals surface area contributed by atoms with Crippen LogP contribution in [0.1, 0.15) is 0 Å². The van der Waals surface area contributed by atoms with E-state index in [4.69, 9.17) is 4.98 Å². The molecule has 0 aliphatic rings. The van der Waals surface area contributed by atoms with Crippen LogP contribution in [0, 0.1) is 0 Å². The minimum absolute atomic E-state index is 0.668. The molecular formula is C20H14N8S. The third kappa shape index (κ3) is 2.55. The van der Waals surface area contributed by atoms with Gasteiger partial charge in [0.2, 0.25) is 0 Å². The highest BCUT2D eigenvalue weighted by Crippen LogP contribution is 2.32. The number of fused-ring (bicyclic) bond motifs is 2. The molecule has 0 aliphatic heterocycles. The van der Waals surface area contributed by atoms with Gasteiger partial charge in [-0.25, -0.2) is 9.97 Å². The van der Waals surface area contributed by atoms with Gasteiger partial charge in [-0.3, -0.25) is 14.8 Å². The standard InChI is InChI=1S/C20H14N8S/c1-28-9-12(7-23-28)15-6-14-16(8-22-15)26-27-18(14)20-24-17-13(11-3-5-29-10-11)2-4-21-19(17)25-20/h2-10H,1H3,(H,26,27)(H,21,24,25). The smallest absolute Gasteiger partial charge is 0.178 e. The number of hydrogen-bond acceptors (Lipinski definition) is 6. The van der Waals surface area contributed by atoms with E-state index in [1.165, 1.54) is 0 Å². The summed E-state index contributed by atoms with van der Waals surface area (Å²) in [7, 11) is 1.89. The number of rotatable bonds is 3. The van der Waals surface area contributed by atoms with Crippen molar-refractivity contribution in [1.29, 1.82) is 0 Å². The zero-order valence-corrected chi connectivity index (χ0v) is 16.1. The fourth-order valence-corrected chi connectivity index (χ4v) is 4.15. The van der Waals surface area contributed by atoms with Crippen LogP contribution in [0.4, 0.5) is 0 Å². The molecule has 0 saturated heterocycles. The van der Waals surface area contributed by atoms with E-state index in [0.717, 1.165) is 44.5 Å². The molecule has 0 aliphatic carbocycles. The lowest BCUT2D eigenvalue weighted by molar-refractivity contribution is 0.768. The van der Waals surface area contributed by atoms with Gasteiger partial charge in [-0.05, 0) is 34.5 Å². The lowest BCUT2D eigenvalue weighted by atomic mass is 10.1. The van der Waals surface area contributed by atoms with Crippen LogP contribution in [-0.2, 0) is 7.05 Å². The number of thiophene rings is 1. The third-order valence-corrected chi connectivity index (χ3v) is 5.58. The first-order valence-corrected chi connectivity index (χ1v) is 9.91. The Labute approximate surface area is 168 Å². The summed E-state index contributed by atoms with van der Waals surface area (Å²) in [5.41, 5.74) is 7.16. The third-order valence-electron chi connectivity index (χ3n) is 4.90. The molecule has 6 heterocycles. The number of pyridine rings is 2. The lowest BCUT2D eigenvalue weighted by Crippen LogP contribution is -1.85. The van der Waals surface area contributed by atoms with Crippen molar-refractivity contribution in [3.63, 3.8) is 0 Å². The van der Waals surface area contributed by atoms with Gasteiger partial charge in [-0.1, -0.05) is 0 Å². The molecule has 6 aromatic heterocycles. The number of aromatic amines is 2. The number of hydrogen-bond donors (Lipinski definition) is 2. The summed E-state index contributed by atoms with van der Waals surface area (Å²) >= 11 is 1.66. The maximum atomic E-state index is 4.70. The minimum Gasteiger partial charge on any atom is -0.335 e. The summed E-state index contributed by atoms with van der Waals surface area (Å²) in [6.07, 6.45) is 7.30. The lowest BCUT2D eigenvalue weighted by Gasteiger charge is -1.98. The van der Waals surface area contributed by atoms with Crippen LogP contribution in [0.25, 0.3) is 56.0 Å². The van der Waals surface area contributed by atoms with Gasteiger partial charge in [0.15, 0.2) is 11.5 Å². The average molecular weight is 398 g/mol. The normalized spacial score (nSPS) is 11.6. The predicted molar refractivity (Wildman–Crippen MR) is 112 cm³/mol. The summed E-state index contributed by atoms with van der Waals surface area (Å²) in [4.78, 5) is 17.1. The van der Waals surface area contributed by atoms with Crippen LogP contribution in [0.3, 0.4) is 0 Å². The molecule has 140 valence electrons. The first kappa shape index (κ1) is 16.1. The van der Waals surface area contributed by atoms with E-state index in [0.29, 0.717) is 11.5 Å². The number of aryl methyl sites for hydroxylation is 1. The van der Waals surface area contributed by atoms with Gasteiger partial charge >= 0.3 is 0 Å². The SMILES string of the molecule is Cn1cc(-c2cc3c(-c4nc5nccc(-c6ccsc6)c5[nH]4)n[nH]c3cn2)cn1. The van der Waals surface area contributed by atoms with Crippen molar-refractivity contribution >= 4 is 33.4 Å². The van der Waals surface area contributed by atoms with Crippen LogP contribution in [-0.4, -0.2) is 39.9 Å². The van der Waals surface area contributed by atoms with Crippen molar-refractivity contribution in [2.24, 2.45) is 7.05 Å². The van der Waals surface area contributed by atoms with Crippen LogP contribution < -0.4 is 0 Å².